The van der Waals surface area contributed by atoms with E-state index in [2.05, 4.69) is 48.2 Å². The average Bonchev–Trinajstić information content (AvgIpc) is 3.88. The zero-order valence-corrected chi connectivity index (χ0v) is 24.7. The van der Waals surface area contributed by atoms with Gasteiger partial charge in [0.15, 0.2) is 11.5 Å². The van der Waals surface area contributed by atoms with Gasteiger partial charge in [-0.3, -0.25) is 15.0 Å². The van der Waals surface area contributed by atoms with Crippen LogP contribution in [-0.2, 0) is 6.61 Å². The summed E-state index contributed by atoms with van der Waals surface area (Å²) in [7, 11) is 2.94. The minimum Gasteiger partial charge on any atom is -0.493 e. The van der Waals surface area contributed by atoms with Gasteiger partial charge in [-0.25, -0.2) is 0 Å². The van der Waals surface area contributed by atoms with Crippen LogP contribution >= 0.6 is 0 Å². The number of nitro groups is 1. The third-order valence-corrected chi connectivity index (χ3v) is 7.46. The van der Waals surface area contributed by atoms with Crippen LogP contribution in [0.15, 0.2) is 91.0 Å². The lowest BCUT2D eigenvalue weighted by atomic mass is 9.88. The Labute approximate surface area is 252 Å². The molecule has 1 aliphatic heterocycles. The highest BCUT2D eigenvalue weighted by molar-refractivity contribution is 5.98. The van der Waals surface area contributed by atoms with Crippen molar-refractivity contribution in [1.82, 2.24) is 4.90 Å². The fourth-order valence-electron chi connectivity index (χ4n) is 5.06. The fourth-order valence-corrected chi connectivity index (χ4v) is 5.06. The van der Waals surface area contributed by atoms with Crippen LogP contribution in [0.4, 0.5) is 5.69 Å². The van der Waals surface area contributed by atoms with Crippen LogP contribution in [0, 0.1) is 10.1 Å². The van der Waals surface area contributed by atoms with Crippen LogP contribution < -0.4 is 18.9 Å². The van der Waals surface area contributed by atoms with Crippen LogP contribution in [0.1, 0.15) is 35.6 Å². The first-order valence-corrected chi connectivity index (χ1v) is 14.4. The summed E-state index contributed by atoms with van der Waals surface area (Å²) in [6.07, 6.45) is 0.842. The number of allylic oxidation sites excluding steroid dienone is 1. The summed E-state index contributed by atoms with van der Waals surface area (Å²) in [4.78, 5) is 13.6. The van der Waals surface area contributed by atoms with Crippen LogP contribution in [0.2, 0.25) is 0 Å². The highest BCUT2D eigenvalue weighted by atomic mass is 16.6. The molecule has 4 aromatic rings. The second-order valence-corrected chi connectivity index (χ2v) is 10.2. The number of nitrogens with zero attached hydrogens (tertiary/aromatic N) is 2. The van der Waals surface area contributed by atoms with Gasteiger partial charge in [-0.15, -0.1) is 0 Å². The molecule has 0 spiro atoms. The molecule has 0 aliphatic carbocycles. The maximum Gasteiger partial charge on any atom is 0.280 e. The van der Waals surface area contributed by atoms with Gasteiger partial charge >= 0.3 is 0 Å². The molecule has 222 valence electrons. The molecule has 5 rings (SSSR count). The molecule has 8 nitrogen and oxygen atoms in total. The molecular weight excluding hydrogens is 544 g/mol. The second-order valence-electron chi connectivity index (χ2n) is 10.2. The minimum absolute atomic E-state index is 0.00214. The Morgan fingerprint density at radius 1 is 0.791 bits per heavy atom. The van der Waals surface area contributed by atoms with Crippen molar-refractivity contribution in [2.45, 2.75) is 20.0 Å². The molecule has 0 amide bonds. The Hall–Kier alpha value is -4.82. The second kappa shape index (κ2) is 13.9. The number of nitro benzene ring substituents is 1. The molecule has 8 heteroatoms. The number of hydrogen-bond acceptors (Lipinski definition) is 7. The van der Waals surface area contributed by atoms with Gasteiger partial charge in [-0.2, -0.15) is 0 Å². The molecule has 1 aliphatic rings. The first kappa shape index (κ1) is 29.7. The van der Waals surface area contributed by atoms with E-state index in [0.717, 1.165) is 48.5 Å². The Morgan fingerprint density at radius 3 is 1.91 bits per heavy atom. The Balaban J connectivity index is 1.41. The molecule has 4 aromatic carbocycles. The summed E-state index contributed by atoms with van der Waals surface area (Å²) in [6, 6.07) is 29.5. The van der Waals surface area contributed by atoms with Crippen molar-refractivity contribution in [3.05, 3.63) is 123 Å². The standard InChI is InChI=1S/C35H36N2O6/c1-4-31(25-8-6-5-7-9-25)35(26-10-14-29(15-11-26)42-21-20-36-18-19-36)27-12-16-30(17-13-27)43-24-28-22-33(40-2)34(41-3)23-32(28)37(38)39/h5-17,22-23H,4,18-21,24H2,1-3H3/b35-31+. The summed E-state index contributed by atoms with van der Waals surface area (Å²) in [5.74, 6) is 2.15. The summed E-state index contributed by atoms with van der Waals surface area (Å²) in [5, 5.41) is 11.7. The van der Waals surface area contributed by atoms with E-state index in [-0.39, 0.29) is 12.3 Å². The van der Waals surface area contributed by atoms with Crippen LogP contribution in [0.5, 0.6) is 23.0 Å². The molecule has 0 saturated carbocycles. The van der Waals surface area contributed by atoms with Crippen LogP contribution in [0.25, 0.3) is 11.1 Å². The van der Waals surface area contributed by atoms with Crippen molar-refractivity contribution in [2.24, 2.45) is 0 Å². The van der Waals surface area contributed by atoms with E-state index in [1.54, 1.807) is 6.07 Å². The van der Waals surface area contributed by atoms with Gasteiger partial charge in [0.2, 0.25) is 0 Å². The van der Waals surface area contributed by atoms with Gasteiger partial charge in [0, 0.05) is 19.6 Å². The number of benzene rings is 4. The minimum atomic E-state index is -0.446. The fraction of sp³-hybridized carbons (Fsp3) is 0.257. The normalized spacial score (nSPS) is 13.2. The third kappa shape index (κ3) is 7.34. The SMILES string of the molecule is CC/C(=C(/c1ccc(OCCN2CC2)cc1)c1ccc(OCc2cc(OC)c(OC)cc2[N+](=O)[O-])cc1)c1ccccc1. The van der Waals surface area contributed by atoms with Gasteiger partial charge in [-0.05, 0) is 64.6 Å². The maximum atomic E-state index is 11.7. The number of methoxy groups -OCH3 is 2. The van der Waals surface area contributed by atoms with Crippen molar-refractivity contribution in [3.63, 3.8) is 0 Å². The van der Waals surface area contributed by atoms with Gasteiger partial charge in [0.05, 0.1) is 30.8 Å². The molecule has 0 unspecified atom stereocenters. The van der Waals surface area contributed by atoms with E-state index in [1.807, 2.05) is 42.5 Å². The van der Waals surface area contributed by atoms with Crippen LogP contribution in [0.3, 0.4) is 0 Å². The number of hydrogen-bond donors (Lipinski definition) is 0. The molecule has 0 N–H and O–H groups in total. The van der Waals surface area contributed by atoms with Gasteiger partial charge in [0.1, 0.15) is 24.7 Å². The van der Waals surface area contributed by atoms with Gasteiger partial charge in [-0.1, -0.05) is 61.5 Å². The molecule has 0 aromatic heterocycles. The summed E-state index contributed by atoms with van der Waals surface area (Å²) >= 11 is 0. The zero-order valence-electron chi connectivity index (χ0n) is 24.7. The number of rotatable bonds is 14. The van der Waals surface area contributed by atoms with Gasteiger partial charge < -0.3 is 18.9 Å². The first-order valence-electron chi connectivity index (χ1n) is 14.4. The molecule has 1 saturated heterocycles. The summed E-state index contributed by atoms with van der Waals surface area (Å²) < 4.78 is 22.5. The highest BCUT2D eigenvalue weighted by Crippen LogP contribution is 2.37. The molecule has 0 bridgehead atoms. The quantitative estimate of drug-likeness (QED) is 0.0672. The van der Waals surface area contributed by atoms with Gasteiger partial charge in [0.25, 0.3) is 5.69 Å². The first-order chi connectivity index (χ1) is 21.0. The predicted molar refractivity (Wildman–Crippen MR) is 168 cm³/mol. The van der Waals surface area contributed by atoms with Crippen molar-refractivity contribution in [2.75, 3.05) is 40.5 Å². The summed E-state index contributed by atoms with van der Waals surface area (Å²) in [6.45, 7) is 6.13. The zero-order chi connectivity index (χ0) is 30.2. The largest absolute Gasteiger partial charge is 0.493 e. The van der Waals surface area contributed by atoms with Crippen molar-refractivity contribution < 1.29 is 23.9 Å². The monoisotopic (exact) mass is 580 g/mol. The maximum absolute atomic E-state index is 11.7. The molecule has 0 radical (unpaired) electrons. The van der Waals surface area contributed by atoms with Crippen molar-refractivity contribution in [3.8, 4) is 23.0 Å². The Kier molecular flexibility index (Phi) is 9.59. The lowest BCUT2D eigenvalue weighted by Gasteiger charge is -2.17. The van der Waals surface area contributed by atoms with Crippen LogP contribution in [-0.4, -0.2) is 50.3 Å². The topological polar surface area (TPSA) is 83.1 Å². The van der Waals surface area contributed by atoms with E-state index < -0.39 is 4.92 Å². The van der Waals surface area contributed by atoms with E-state index >= 15 is 0 Å². The Morgan fingerprint density at radius 2 is 1.37 bits per heavy atom. The van der Waals surface area contributed by atoms with Crippen molar-refractivity contribution in [1.29, 1.82) is 0 Å². The van der Waals surface area contributed by atoms with E-state index in [9.17, 15) is 10.1 Å². The lowest BCUT2D eigenvalue weighted by Crippen LogP contribution is -2.10. The van der Waals surface area contributed by atoms with Crippen molar-refractivity contribution >= 4 is 16.8 Å². The van der Waals surface area contributed by atoms with E-state index in [1.165, 1.54) is 31.4 Å². The van der Waals surface area contributed by atoms with E-state index in [0.29, 0.717) is 29.4 Å². The predicted octanol–water partition coefficient (Wildman–Crippen LogP) is 7.25. The molecule has 1 fully saturated rings. The Bertz CT molecular complexity index is 1560. The average molecular weight is 581 g/mol. The van der Waals surface area contributed by atoms with E-state index in [4.69, 9.17) is 18.9 Å². The molecule has 1 heterocycles. The molecule has 43 heavy (non-hydrogen) atoms. The number of ether oxygens (including phenoxy) is 4. The highest BCUT2D eigenvalue weighted by Gasteiger charge is 2.20. The molecule has 0 atom stereocenters. The third-order valence-electron chi connectivity index (χ3n) is 7.46. The molecular formula is C35H36N2O6. The lowest BCUT2D eigenvalue weighted by molar-refractivity contribution is -0.385. The summed E-state index contributed by atoms with van der Waals surface area (Å²) in [5.41, 5.74) is 5.96. The smallest absolute Gasteiger partial charge is 0.280 e.